The third-order valence-electron chi connectivity index (χ3n) is 2.28. The molecule has 1 rings (SSSR count). The van der Waals surface area contributed by atoms with E-state index in [1.54, 1.807) is 0 Å². The molecule has 0 amide bonds. The number of likely N-dealkylation sites (N-methyl/N-ethyl adjacent to an activating group) is 1. The Morgan fingerprint density at radius 3 is 2.57 bits per heavy atom. The van der Waals surface area contributed by atoms with Gasteiger partial charge in [-0.1, -0.05) is 12.1 Å². The van der Waals surface area contributed by atoms with Crippen LogP contribution in [0.4, 0.5) is 0 Å². The summed E-state index contributed by atoms with van der Waals surface area (Å²) >= 11 is 0. The second kappa shape index (κ2) is 5.66. The Bertz CT molecular complexity index is 246. The summed E-state index contributed by atoms with van der Waals surface area (Å²) in [6.45, 7) is 6.05. The third kappa shape index (κ3) is 3.79. The molecule has 0 saturated carbocycles. The molecule has 1 radical (unpaired) electrons. The van der Waals surface area contributed by atoms with Crippen LogP contribution in [0.5, 0.6) is 5.75 Å². The monoisotopic (exact) mass is 192 g/mol. The van der Waals surface area contributed by atoms with Crippen molar-refractivity contribution in [3.8, 4) is 5.75 Å². The Hall–Kier alpha value is -1.02. The average molecular weight is 192 g/mol. The van der Waals surface area contributed by atoms with Crippen molar-refractivity contribution in [3.05, 3.63) is 30.3 Å². The first-order valence-electron chi connectivity index (χ1n) is 4.99. The van der Waals surface area contributed by atoms with E-state index in [1.807, 2.05) is 24.3 Å². The van der Waals surface area contributed by atoms with E-state index in [4.69, 9.17) is 4.74 Å². The van der Waals surface area contributed by atoms with Gasteiger partial charge in [0.25, 0.3) is 0 Å². The summed E-state index contributed by atoms with van der Waals surface area (Å²) in [5.41, 5.74) is 0. The molecule has 0 fully saturated rings. The number of hydrogen-bond acceptors (Lipinski definition) is 2. The standard InChI is InChI=1S/C12H18NO/c1-11(2)13(3)9-10-14-12-7-5-4-6-8-12/h5-8,11H,9-10H2,1-3H3. The molecule has 0 N–H and O–H groups in total. The quantitative estimate of drug-likeness (QED) is 0.709. The van der Waals surface area contributed by atoms with E-state index in [-0.39, 0.29) is 0 Å². The van der Waals surface area contributed by atoms with E-state index in [9.17, 15) is 0 Å². The van der Waals surface area contributed by atoms with Gasteiger partial charge < -0.3 is 9.64 Å². The molecule has 0 aromatic heterocycles. The Kier molecular flexibility index (Phi) is 4.47. The molecule has 0 aliphatic carbocycles. The Labute approximate surface area is 86.5 Å². The molecule has 77 valence electrons. The van der Waals surface area contributed by atoms with Crippen LogP contribution in [-0.2, 0) is 0 Å². The van der Waals surface area contributed by atoms with Crippen molar-refractivity contribution in [2.24, 2.45) is 0 Å². The van der Waals surface area contributed by atoms with Gasteiger partial charge in [-0.05, 0) is 39.1 Å². The first-order chi connectivity index (χ1) is 6.70. The van der Waals surface area contributed by atoms with Gasteiger partial charge in [0.2, 0.25) is 0 Å². The summed E-state index contributed by atoms with van der Waals surface area (Å²) in [4.78, 5) is 2.26. The minimum atomic E-state index is 0.572. The molecule has 2 nitrogen and oxygen atoms in total. The molecule has 0 aliphatic heterocycles. The molecule has 0 heterocycles. The minimum absolute atomic E-state index is 0.572. The van der Waals surface area contributed by atoms with E-state index < -0.39 is 0 Å². The van der Waals surface area contributed by atoms with Crippen molar-refractivity contribution in [1.29, 1.82) is 0 Å². The first kappa shape index (κ1) is 11.1. The first-order valence-corrected chi connectivity index (χ1v) is 4.99. The van der Waals surface area contributed by atoms with Crippen molar-refractivity contribution in [3.63, 3.8) is 0 Å². The molecule has 0 atom stereocenters. The number of rotatable bonds is 5. The molecular weight excluding hydrogens is 174 g/mol. The van der Waals surface area contributed by atoms with Crippen LogP contribution in [0.3, 0.4) is 0 Å². The zero-order chi connectivity index (χ0) is 10.4. The zero-order valence-electron chi connectivity index (χ0n) is 9.16. The maximum atomic E-state index is 5.57. The highest BCUT2D eigenvalue weighted by molar-refractivity contribution is 5.20. The highest BCUT2D eigenvalue weighted by atomic mass is 16.5. The van der Waals surface area contributed by atoms with Gasteiger partial charge in [-0.2, -0.15) is 0 Å². The fourth-order valence-electron chi connectivity index (χ4n) is 1.03. The molecule has 0 bridgehead atoms. The van der Waals surface area contributed by atoms with Crippen molar-refractivity contribution < 1.29 is 4.74 Å². The molecular formula is C12H18NO. The van der Waals surface area contributed by atoms with Gasteiger partial charge in [-0.15, -0.1) is 0 Å². The second-order valence-electron chi connectivity index (χ2n) is 3.66. The fraction of sp³-hybridized carbons (Fsp3) is 0.500. The van der Waals surface area contributed by atoms with Crippen LogP contribution in [0.15, 0.2) is 24.3 Å². The predicted molar refractivity (Wildman–Crippen MR) is 58.5 cm³/mol. The second-order valence-corrected chi connectivity index (χ2v) is 3.66. The maximum absolute atomic E-state index is 5.57. The van der Waals surface area contributed by atoms with E-state index in [0.717, 1.165) is 18.9 Å². The lowest BCUT2D eigenvalue weighted by Crippen LogP contribution is -2.30. The van der Waals surface area contributed by atoms with E-state index >= 15 is 0 Å². The SMILES string of the molecule is CC(C)N(C)CCOc1cc[c]cc1. The molecule has 0 unspecified atom stereocenters. The highest BCUT2D eigenvalue weighted by Gasteiger charge is 2.02. The zero-order valence-corrected chi connectivity index (χ0v) is 9.16. The third-order valence-corrected chi connectivity index (χ3v) is 2.28. The molecule has 1 aromatic rings. The van der Waals surface area contributed by atoms with Crippen LogP contribution in [-0.4, -0.2) is 31.1 Å². The van der Waals surface area contributed by atoms with E-state index in [2.05, 4.69) is 31.9 Å². The molecule has 0 saturated heterocycles. The van der Waals surface area contributed by atoms with Gasteiger partial charge in [-0.3, -0.25) is 0 Å². The Morgan fingerprint density at radius 2 is 2.00 bits per heavy atom. The minimum Gasteiger partial charge on any atom is -0.492 e. The lowest BCUT2D eigenvalue weighted by molar-refractivity contribution is 0.208. The Balaban J connectivity index is 2.22. The fourth-order valence-corrected chi connectivity index (χ4v) is 1.03. The number of hydrogen-bond donors (Lipinski definition) is 0. The smallest absolute Gasteiger partial charge is 0.119 e. The van der Waals surface area contributed by atoms with Crippen molar-refractivity contribution >= 4 is 0 Å². The van der Waals surface area contributed by atoms with Crippen molar-refractivity contribution in [2.75, 3.05) is 20.2 Å². The van der Waals surface area contributed by atoms with Gasteiger partial charge >= 0.3 is 0 Å². The van der Waals surface area contributed by atoms with Crippen LogP contribution >= 0.6 is 0 Å². The van der Waals surface area contributed by atoms with Gasteiger partial charge in [0.05, 0.1) is 0 Å². The predicted octanol–water partition coefficient (Wildman–Crippen LogP) is 2.21. The van der Waals surface area contributed by atoms with Gasteiger partial charge in [0.1, 0.15) is 12.4 Å². The van der Waals surface area contributed by atoms with Crippen molar-refractivity contribution in [2.45, 2.75) is 19.9 Å². The molecule has 0 aliphatic rings. The molecule has 14 heavy (non-hydrogen) atoms. The topological polar surface area (TPSA) is 12.5 Å². The van der Waals surface area contributed by atoms with Gasteiger partial charge in [0, 0.05) is 12.6 Å². The van der Waals surface area contributed by atoms with Crippen LogP contribution in [0.2, 0.25) is 0 Å². The van der Waals surface area contributed by atoms with Gasteiger partial charge in [-0.25, -0.2) is 0 Å². The molecule has 0 spiro atoms. The van der Waals surface area contributed by atoms with Crippen LogP contribution < -0.4 is 4.74 Å². The summed E-state index contributed by atoms with van der Waals surface area (Å²) in [6.07, 6.45) is 0. The molecule has 1 aromatic carbocycles. The number of nitrogens with zero attached hydrogens (tertiary/aromatic N) is 1. The maximum Gasteiger partial charge on any atom is 0.119 e. The van der Waals surface area contributed by atoms with Crippen molar-refractivity contribution in [1.82, 2.24) is 4.90 Å². The number of benzene rings is 1. The van der Waals surface area contributed by atoms with E-state index in [0.29, 0.717) is 6.04 Å². The molecule has 2 heteroatoms. The van der Waals surface area contributed by atoms with Crippen LogP contribution in [0, 0.1) is 6.07 Å². The summed E-state index contributed by atoms with van der Waals surface area (Å²) in [5.74, 6) is 0.918. The summed E-state index contributed by atoms with van der Waals surface area (Å²) in [5, 5.41) is 0. The number of ether oxygens (including phenoxy) is 1. The summed E-state index contributed by atoms with van der Waals surface area (Å²) in [6, 6.07) is 11.1. The van der Waals surface area contributed by atoms with E-state index in [1.165, 1.54) is 0 Å². The Morgan fingerprint density at radius 1 is 1.36 bits per heavy atom. The lowest BCUT2D eigenvalue weighted by Gasteiger charge is -2.20. The summed E-state index contributed by atoms with van der Waals surface area (Å²) in [7, 11) is 2.10. The van der Waals surface area contributed by atoms with Crippen LogP contribution in [0.25, 0.3) is 0 Å². The largest absolute Gasteiger partial charge is 0.492 e. The average Bonchev–Trinajstić information content (AvgIpc) is 2.19. The normalized spacial score (nSPS) is 10.9. The highest BCUT2D eigenvalue weighted by Crippen LogP contribution is 2.07. The van der Waals surface area contributed by atoms with Crippen LogP contribution in [0.1, 0.15) is 13.8 Å². The van der Waals surface area contributed by atoms with Gasteiger partial charge in [0.15, 0.2) is 0 Å². The lowest BCUT2D eigenvalue weighted by atomic mass is 10.3. The summed E-state index contributed by atoms with van der Waals surface area (Å²) < 4.78 is 5.57.